The summed E-state index contributed by atoms with van der Waals surface area (Å²) in [5, 5.41) is 29.6. The third-order valence-electron chi connectivity index (χ3n) is 9.88. The molecule has 2 aromatic carbocycles. The van der Waals surface area contributed by atoms with E-state index in [4.69, 9.17) is 16.3 Å². The second-order valence-corrected chi connectivity index (χ2v) is 13.1. The molecule has 0 amide bonds. The molecular weight excluding hydrogens is 632 g/mol. The summed E-state index contributed by atoms with van der Waals surface area (Å²) in [5.41, 5.74) is 17.1. The molecule has 0 bridgehead atoms. The number of imidazole rings is 1. The minimum atomic E-state index is 0.154. The first-order valence-corrected chi connectivity index (χ1v) is 17.0. The summed E-state index contributed by atoms with van der Waals surface area (Å²) in [6.45, 7) is 7.09. The van der Waals surface area contributed by atoms with Gasteiger partial charge in [0.2, 0.25) is 0 Å². The van der Waals surface area contributed by atoms with Crippen LogP contribution in [-0.4, -0.2) is 96.9 Å². The predicted octanol–water partition coefficient (Wildman–Crippen LogP) is 3.81. The van der Waals surface area contributed by atoms with Crippen LogP contribution in [0.15, 0.2) is 73.1 Å². The van der Waals surface area contributed by atoms with Crippen LogP contribution in [0.5, 0.6) is 11.5 Å². The number of rotatable bonds is 9. The molecule has 14 nitrogen and oxygen atoms in total. The lowest BCUT2D eigenvalue weighted by molar-refractivity contribution is -0.0766. The summed E-state index contributed by atoms with van der Waals surface area (Å²) in [5.74, 6) is 2.69. The predicted molar refractivity (Wildman–Crippen MR) is 194 cm³/mol. The van der Waals surface area contributed by atoms with Crippen LogP contribution < -0.4 is 26.1 Å². The summed E-state index contributed by atoms with van der Waals surface area (Å²) in [6.07, 6.45) is 5.53. The number of hydrogen-bond donors (Lipinski definition) is 3. The maximum atomic E-state index is 10.3. The highest BCUT2D eigenvalue weighted by Gasteiger charge is 2.29. The number of piperazine rings is 1. The van der Waals surface area contributed by atoms with Crippen molar-refractivity contribution in [2.24, 2.45) is 7.05 Å². The van der Waals surface area contributed by atoms with Crippen molar-refractivity contribution in [3.63, 3.8) is 0 Å². The highest BCUT2D eigenvalue weighted by Crippen LogP contribution is 2.35. The maximum absolute atomic E-state index is 10.3. The Morgan fingerprint density at radius 1 is 0.840 bits per heavy atom. The molecule has 50 heavy (non-hydrogen) atoms. The number of aryl methyl sites for hydroxylation is 1. The molecule has 5 aromatic rings. The van der Waals surface area contributed by atoms with Crippen LogP contribution in [0.4, 0.5) is 23.0 Å². The number of nitrogens with two attached hydrogens (primary N) is 2. The molecule has 5 heterocycles. The fraction of sp³-hybridized carbons (Fsp3) is 0.361. The summed E-state index contributed by atoms with van der Waals surface area (Å²) in [7, 11) is 4.01. The fourth-order valence-corrected chi connectivity index (χ4v) is 6.88. The van der Waals surface area contributed by atoms with Crippen molar-refractivity contribution in [3.8, 4) is 34.0 Å². The number of aromatic nitrogens is 6. The van der Waals surface area contributed by atoms with E-state index >= 15 is 0 Å². The summed E-state index contributed by atoms with van der Waals surface area (Å²) in [4.78, 5) is 18.0. The van der Waals surface area contributed by atoms with Gasteiger partial charge in [0.15, 0.2) is 17.4 Å². The van der Waals surface area contributed by atoms with Gasteiger partial charge in [0.25, 0.3) is 0 Å². The zero-order valence-electron chi connectivity index (χ0n) is 28.7. The van der Waals surface area contributed by atoms with Crippen LogP contribution in [0.2, 0.25) is 0 Å². The molecule has 0 unspecified atom stereocenters. The summed E-state index contributed by atoms with van der Waals surface area (Å²) < 4.78 is 2.07. The molecule has 0 spiro atoms. The van der Waals surface area contributed by atoms with E-state index < -0.39 is 0 Å². The molecular formula is C36H44N12O2. The van der Waals surface area contributed by atoms with Gasteiger partial charge in [-0.15, -0.1) is 25.5 Å². The average Bonchev–Trinajstić information content (AvgIpc) is 3.54. The number of para-hydroxylation sites is 2. The number of benzene rings is 2. The number of hydroxylamine groups is 2. The minimum absolute atomic E-state index is 0.154. The molecule has 2 fully saturated rings. The first-order valence-electron chi connectivity index (χ1n) is 17.0. The summed E-state index contributed by atoms with van der Waals surface area (Å²) in [6, 6.07) is 19.4. The fourth-order valence-electron chi connectivity index (χ4n) is 6.88. The third kappa shape index (κ3) is 6.84. The normalized spacial score (nSPS) is 17.4. The van der Waals surface area contributed by atoms with Crippen molar-refractivity contribution in [3.05, 3.63) is 78.9 Å². The van der Waals surface area contributed by atoms with Gasteiger partial charge in [-0.25, -0.2) is 4.98 Å². The van der Waals surface area contributed by atoms with E-state index in [0.29, 0.717) is 40.4 Å². The number of hydrogen-bond acceptors (Lipinski definition) is 13. The molecule has 0 saturated carbocycles. The number of anilines is 4. The zero-order chi connectivity index (χ0) is 34.8. The maximum Gasteiger partial charge on any atom is 0.169 e. The molecule has 7 rings (SSSR count). The van der Waals surface area contributed by atoms with Crippen LogP contribution in [0, 0.1) is 0 Å². The molecule has 260 valence electrons. The van der Waals surface area contributed by atoms with Gasteiger partial charge in [0.1, 0.15) is 11.6 Å². The number of phenols is 1. The Hall–Kier alpha value is -5.47. The molecule has 2 aliphatic rings. The second kappa shape index (κ2) is 14.2. The van der Waals surface area contributed by atoms with E-state index in [0.717, 1.165) is 74.9 Å². The molecule has 2 aliphatic heterocycles. The average molecular weight is 677 g/mol. The zero-order valence-corrected chi connectivity index (χ0v) is 28.7. The number of nitrogens with zero attached hydrogens (tertiary/aromatic N) is 10. The number of nitrogen functional groups attached to an aromatic ring is 2. The number of phenolic OH excluding ortho intramolecular Hbond substituents is 1. The molecule has 2 saturated heterocycles. The molecule has 3 aromatic heterocycles. The second-order valence-electron chi connectivity index (χ2n) is 13.1. The number of aromatic hydroxyl groups is 1. The highest BCUT2D eigenvalue weighted by atomic mass is 16.7. The van der Waals surface area contributed by atoms with Crippen LogP contribution in [0.25, 0.3) is 22.5 Å². The molecule has 0 aliphatic carbocycles. The standard InChI is InChI=1S/C36H44N12O2/c1-24-22-48(19-18-47(24)23-34-39-14-17-44(34)2)31-21-29(41-43-36(31)38)27-9-5-7-11-33(27)50-45(3)25-12-15-46(16-13-25)30-20-28(40-42-35(30)37)26-8-4-6-10-32(26)49/h4-11,14,17,20-21,24-25,49H,12-13,15-16,18-19,22-23H2,1-3H3,(H2,37,42)(H2,38,43)/t24-/m0/s1. The highest BCUT2D eigenvalue weighted by molar-refractivity contribution is 5.75. The Bertz CT molecular complexity index is 1940. The van der Waals surface area contributed by atoms with Crippen LogP contribution in [0.3, 0.4) is 0 Å². The van der Waals surface area contributed by atoms with Crippen molar-refractivity contribution in [1.82, 2.24) is 39.9 Å². The van der Waals surface area contributed by atoms with Crippen molar-refractivity contribution >= 4 is 23.0 Å². The van der Waals surface area contributed by atoms with Gasteiger partial charge in [-0.1, -0.05) is 24.3 Å². The first kappa shape index (κ1) is 33.0. The van der Waals surface area contributed by atoms with Gasteiger partial charge in [-0.05, 0) is 56.2 Å². The van der Waals surface area contributed by atoms with Crippen LogP contribution >= 0.6 is 0 Å². The van der Waals surface area contributed by atoms with Crippen molar-refractivity contribution in [1.29, 1.82) is 0 Å². The molecule has 0 radical (unpaired) electrons. The van der Waals surface area contributed by atoms with Crippen LogP contribution in [0.1, 0.15) is 25.6 Å². The smallest absolute Gasteiger partial charge is 0.169 e. The number of piperidine rings is 1. The Kier molecular flexibility index (Phi) is 9.37. The van der Waals surface area contributed by atoms with Crippen molar-refractivity contribution in [2.45, 2.75) is 38.4 Å². The van der Waals surface area contributed by atoms with Gasteiger partial charge in [0.05, 0.1) is 29.3 Å². The third-order valence-corrected chi connectivity index (χ3v) is 9.88. The quantitative estimate of drug-likeness (QED) is 0.193. The van der Waals surface area contributed by atoms with Gasteiger partial charge in [0, 0.05) is 82.4 Å². The lowest BCUT2D eigenvalue weighted by Gasteiger charge is -2.41. The van der Waals surface area contributed by atoms with Gasteiger partial charge >= 0.3 is 0 Å². The SMILES string of the molecule is C[C@H]1CN(c2cc(-c3ccccc3ON(C)C3CCN(c4cc(-c5ccccc5O)nnc4N)CC3)nnc2N)CCN1Cc1nccn1C. The lowest BCUT2D eigenvalue weighted by atomic mass is 10.0. The van der Waals surface area contributed by atoms with Gasteiger partial charge < -0.3 is 35.8 Å². The monoisotopic (exact) mass is 676 g/mol. The largest absolute Gasteiger partial charge is 0.507 e. The topological polar surface area (TPSA) is 164 Å². The Morgan fingerprint density at radius 3 is 2.14 bits per heavy atom. The van der Waals surface area contributed by atoms with Crippen LogP contribution in [-0.2, 0) is 13.6 Å². The lowest BCUT2D eigenvalue weighted by Crippen LogP contribution is -2.51. The van der Waals surface area contributed by atoms with Gasteiger partial charge in [-0.2, -0.15) is 0 Å². The van der Waals surface area contributed by atoms with Crippen molar-refractivity contribution < 1.29 is 9.94 Å². The van der Waals surface area contributed by atoms with E-state index in [-0.39, 0.29) is 11.8 Å². The Labute approximate surface area is 291 Å². The first-order chi connectivity index (χ1) is 24.2. The Morgan fingerprint density at radius 2 is 1.48 bits per heavy atom. The van der Waals surface area contributed by atoms with Crippen molar-refractivity contribution in [2.75, 3.05) is 61.0 Å². The molecule has 5 N–H and O–H groups in total. The molecule has 1 atom stereocenters. The van der Waals surface area contributed by atoms with E-state index in [1.165, 1.54) is 0 Å². The Balaban J connectivity index is 1.01. The molecule has 14 heteroatoms. The van der Waals surface area contributed by atoms with E-state index in [1.807, 2.05) is 80.1 Å². The van der Waals surface area contributed by atoms with E-state index in [1.54, 1.807) is 12.1 Å². The van der Waals surface area contributed by atoms with E-state index in [9.17, 15) is 5.11 Å². The van der Waals surface area contributed by atoms with Gasteiger partial charge in [-0.3, -0.25) is 4.90 Å². The van der Waals surface area contributed by atoms with E-state index in [2.05, 4.69) is 51.6 Å². The minimum Gasteiger partial charge on any atom is -0.507 e. The summed E-state index contributed by atoms with van der Waals surface area (Å²) >= 11 is 0.